The Balaban J connectivity index is 1.95. The Morgan fingerprint density at radius 3 is 2.60 bits per heavy atom. The second kappa shape index (κ2) is 4.82. The van der Waals surface area contributed by atoms with E-state index in [2.05, 4.69) is 35.0 Å². The van der Waals surface area contributed by atoms with Crippen LogP contribution in [-0.2, 0) is 4.79 Å². The summed E-state index contributed by atoms with van der Waals surface area (Å²) in [6.07, 6.45) is 10.3. The van der Waals surface area contributed by atoms with Gasteiger partial charge < -0.3 is 0 Å². The van der Waals surface area contributed by atoms with Crippen molar-refractivity contribution in [2.45, 2.75) is 43.9 Å². The summed E-state index contributed by atoms with van der Waals surface area (Å²) >= 11 is 3.45. The van der Waals surface area contributed by atoms with Crippen LogP contribution < -0.4 is 0 Å². The SMILES string of the molecule is C[C@@H]1C=CC([C@@H]2CCC(Br)C(=O)C2)CC1. The minimum atomic E-state index is 0.139. The predicted octanol–water partition coefficient (Wildman–Crippen LogP) is 3.72. The molecular weight excluding hydrogens is 252 g/mol. The molecule has 2 rings (SSSR count). The minimum Gasteiger partial charge on any atom is -0.298 e. The molecule has 2 aliphatic carbocycles. The Morgan fingerprint density at radius 1 is 1.20 bits per heavy atom. The molecule has 2 aliphatic rings. The van der Waals surface area contributed by atoms with Gasteiger partial charge in [0, 0.05) is 6.42 Å². The number of hydrogen-bond acceptors (Lipinski definition) is 1. The van der Waals surface area contributed by atoms with Gasteiger partial charge in [0.05, 0.1) is 4.83 Å². The number of Topliss-reactive ketones (excluding diaryl/α,β-unsaturated/α-hetero) is 1. The Bertz CT molecular complexity index is 272. The second-order valence-corrected chi connectivity index (χ2v) is 6.18. The average molecular weight is 271 g/mol. The molecular formula is C13H19BrO. The molecule has 0 saturated heterocycles. The molecule has 84 valence electrons. The molecule has 0 heterocycles. The first-order valence-electron chi connectivity index (χ1n) is 6.02. The number of ketones is 1. The monoisotopic (exact) mass is 270 g/mol. The van der Waals surface area contributed by atoms with E-state index in [1.165, 1.54) is 19.3 Å². The number of carbonyl (C=O) groups is 1. The highest BCUT2D eigenvalue weighted by molar-refractivity contribution is 9.10. The fraction of sp³-hybridized carbons (Fsp3) is 0.769. The van der Waals surface area contributed by atoms with Gasteiger partial charge in [-0.3, -0.25) is 4.79 Å². The van der Waals surface area contributed by atoms with Gasteiger partial charge in [0.25, 0.3) is 0 Å². The van der Waals surface area contributed by atoms with Gasteiger partial charge in [-0.25, -0.2) is 0 Å². The van der Waals surface area contributed by atoms with E-state index < -0.39 is 0 Å². The lowest BCUT2D eigenvalue weighted by atomic mass is 9.74. The number of carbonyl (C=O) groups excluding carboxylic acids is 1. The van der Waals surface area contributed by atoms with E-state index >= 15 is 0 Å². The smallest absolute Gasteiger partial charge is 0.146 e. The van der Waals surface area contributed by atoms with E-state index in [0.29, 0.717) is 17.6 Å². The van der Waals surface area contributed by atoms with Crippen LogP contribution in [0.5, 0.6) is 0 Å². The molecule has 0 amide bonds. The number of hydrogen-bond donors (Lipinski definition) is 0. The molecule has 2 unspecified atom stereocenters. The number of allylic oxidation sites excluding steroid dienone is 2. The summed E-state index contributed by atoms with van der Waals surface area (Å²) in [6.45, 7) is 2.27. The van der Waals surface area contributed by atoms with Gasteiger partial charge >= 0.3 is 0 Å². The van der Waals surface area contributed by atoms with Crippen molar-refractivity contribution in [2.24, 2.45) is 17.8 Å². The zero-order valence-electron chi connectivity index (χ0n) is 9.29. The van der Waals surface area contributed by atoms with Gasteiger partial charge in [-0.1, -0.05) is 35.0 Å². The van der Waals surface area contributed by atoms with Crippen molar-refractivity contribution in [3.63, 3.8) is 0 Å². The Labute approximate surface area is 100 Å². The summed E-state index contributed by atoms with van der Waals surface area (Å²) in [5.74, 6) is 2.45. The lowest BCUT2D eigenvalue weighted by Crippen LogP contribution is -2.29. The third kappa shape index (κ3) is 2.72. The first-order valence-corrected chi connectivity index (χ1v) is 6.93. The van der Waals surface area contributed by atoms with Crippen LogP contribution in [0.1, 0.15) is 39.0 Å². The average Bonchev–Trinajstić information content (AvgIpc) is 2.23. The zero-order valence-corrected chi connectivity index (χ0v) is 10.9. The van der Waals surface area contributed by atoms with Gasteiger partial charge in [-0.05, 0) is 43.4 Å². The van der Waals surface area contributed by atoms with Crippen molar-refractivity contribution in [3.8, 4) is 0 Å². The zero-order chi connectivity index (χ0) is 10.8. The van der Waals surface area contributed by atoms with Crippen LogP contribution in [0.4, 0.5) is 0 Å². The normalized spacial score (nSPS) is 41.9. The summed E-state index contributed by atoms with van der Waals surface area (Å²) in [5, 5.41) is 0. The highest BCUT2D eigenvalue weighted by Gasteiger charge is 2.31. The van der Waals surface area contributed by atoms with Crippen molar-refractivity contribution in [1.29, 1.82) is 0 Å². The third-order valence-corrected chi connectivity index (χ3v) is 4.82. The lowest BCUT2D eigenvalue weighted by Gasteiger charge is -2.32. The van der Waals surface area contributed by atoms with Crippen molar-refractivity contribution in [1.82, 2.24) is 0 Å². The maximum absolute atomic E-state index is 11.6. The van der Waals surface area contributed by atoms with Crippen LogP contribution in [0, 0.1) is 17.8 Å². The second-order valence-electron chi connectivity index (χ2n) is 5.08. The minimum absolute atomic E-state index is 0.139. The largest absolute Gasteiger partial charge is 0.298 e. The summed E-state index contributed by atoms with van der Waals surface area (Å²) in [5.41, 5.74) is 0. The molecule has 0 N–H and O–H groups in total. The number of halogens is 1. The van der Waals surface area contributed by atoms with E-state index in [4.69, 9.17) is 0 Å². The fourth-order valence-corrected chi connectivity index (χ4v) is 3.20. The van der Waals surface area contributed by atoms with Crippen molar-refractivity contribution < 1.29 is 4.79 Å². The van der Waals surface area contributed by atoms with Gasteiger partial charge in [0.15, 0.2) is 0 Å². The molecule has 0 radical (unpaired) electrons. The molecule has 1 fully saturated rings. The quantitative estimate of drug-likeness (QED) is 0.524. The van der Waals surface area contributed by atoms with Gasteiger partial charge in [0.2, 0.25) is 0 Å². The molecule has 0 spiro atoms. The van der Waals surface area contributed by atoms with Crippen LogP contribution >= 0.6 is 15.9 Å². The molecule has 1 nitrogen and oxygen atoms in total. The highest BCUT2D eigenvalue weighted by Crippen LogP contribution is 2.36. The molecule has 1 saturated carbocycles. The molecule has 0 aromatic carbocycles. The lowest BCUT2D eigenvalue weighted by molar-refractivity contribution is -0.121. The third-order valence-electron chi connectivity index (χ3n) is 3.85. The Hall–Kier alpha value is -0.110. The first kappa shape index (κ1) is 11.4. The van der Waals surface area contributed by atoms with E-state index in [1.807, 2.05) is 0 Å². The van der Waals surface area contributed by atoms with Crippen LogP contribution in [0.2, 0.25) is 0 Å². The summed E-state index contributed by atoms with van der Waals surface area (Å²) in [4.78, 5) is 11.8. The van der Waals surface area contributed by atoms with Crippen LogP contribution in [0.25, 0.3) is 0 Å². The van der Waals surface area contributed by atoms with E-state index in [-0.39, 0.29) is 4.83 Å². The maximum Gasteiger partial charge on any atom is 0.146 e. The van der Waals surface area contributed by atoms with Gasteiger partial charge in [-0.2, -0.15) is 0 Å². The first-order chi connectivity index (χ1) is 7.16. The molecule has 0 aliphatic heterocycles. The summed E-state index contributed by atoms with van der Waals surface area (Å²) in [6, 6.07) is 0. The molecule has 0 bridgehead atoms. The fourth-order valence-electron chi connectivity index (χ4n) is 2.75. The van der Waals surface area contributed by atoms with Crippen LogP contribution in [-0.4, -0.2) is 10.6 Å². The number of rotatable bonds is 1. The molecule has 2 heteroatoms. The molecule has 4 atom stereocenters. The predicted molar refractivity (Wildman–Crippen MR) is 66.1 cm³/mol. The van der Waals surface area contributed by atoms with Crippen molar-refractivity contribution >= 4 is 21.7 Å². The van der Waals surface area contributed by atoms with Gasteiger partial charge in [-0.15, -0.1) is 0 Å². The Kier molecular flexibility index (Phi) is 3.65. The summed E-state index contributed by atoms with van der Waals surface area (Å²) < 4.78 is 0. The van der Waals surface area contributed by atoms with E-state index in [9.17, 15) is 4.79 Å². The topological polar surface area (TPSA) is 17.1 Å². The summed E-state index contributed by atoms with van der Waals surface area (Å²) in [7, 11) is 0. The van der Waals surface area contributed by atoms with Crippen molar-refractivity contribution in [2.75, 3.05) is 0 Å². The highest BCUT2D eigenvalue weighted by atomic mass is 79.9. The molecule has 0 aromatic rings. The van der Waals surface area contributed by atoms with Crippen molar-refractivity contribution in [3.05, 3.63) is 12.2 Å². The molecule has 15 heavy (non-hydrogen) atoms. The van der Waals surface area contributed by atoms with Gasteiger partial charge in [0.1, 0.15) is 5.78 Å². The standard InChI is InChI=1S/C13H19BrO/c1-9-2-4-10(5-3-9)11-6-7-12(14)13(15)8-11/h2,4,9-12H,3,5-8H2,1H3/t9-,10?,11-,12?/m1/s1. The Morgan fingerprint density at radius 2 is 2.00 bits per heavy atom. The maximum atomic E-state index is 11.6. The number of alkyl halides is 1. The van der Waals surface area contributed by atoms with Crippen LogP contribution in [0.15, 0.2) is 12.2 Å². The van der Waals surface area contributed by atoms with Crippen LogP contribution in [0.3, 0.4) is 0 Å². The van der Waals surface area contributed by atoms with E-state index in [1.54, 1.807) is 0 Å². The van der Waals surface area contributed by atoms with E-state index in [0.717, 1.165) is 18.8 Å². The molecule has 0 aromatic heterocycles.